The van der Waals surface area contributed by atoms with Crippen LogP contribution in [0, 0.1) is 11.8 Å². The van der Waals surface area contributed by atoms with Crippen LogP contribution in [0.25, 0.3) is 0 Å². The second-order valence-corrected chi connectivity index (χ2v) is 3.37. The molecule has 0 heterocycles. The highest BCUT2D eigenvalue weighted by Gasteiger charge is 1.88. The van der Waals surface area contributed by atoms with Gasteiger partial charge in [0.2, 0.25) is 0 Å². The van der Waals surface area contributed by atoms with E-state index in [-0.39, 0.29) is 5.78 Å². The standard InChI is InChI=1S/C12H20O/c1-3-4-5-6-7-8-9-10-11-12(2)13/h3-7,10-11H2,1-2H3. The average molecular weight is 180 g/mol. The van der Waals surface area contributed by atoms with Crippen LogP contribution in [0.1, 0.15) is 58.8 Å². The normalized spacial score (nSPS) is 9.08. The summed E-state index contributed by atoms with van der Waals surface area (Å²) in [5.41, 5.74) is 0. The molecule has 0 radical (unpaired) electrons. The zero-order chi connectivity index (χ0) is 9.94. The first kappa shape index (κ1) is 12.2. The number of carbonyl (C=O) groups excluding carboxylic acids is 1. The van der Waals surface area contributed by atoms with Crippen molar-refractivity contribution in [3.63, 3.8) is 0 Å². The summed E-state index contributed by atoms with van der Waals surface area (Å²) >= 11 is 0. The van der Waals surface area contributed by atoms with E-state index in [9.17, 15) is 4.79 Å². The quantitative estimate of drug-likeness (QED) is 0.452. The number of carbonyl (C=O) groups is 1. The van der Waals surface area contributed by atoms with Crippen molar-refractivity contribution in [2.24, 2.45) is 0 Å². The topological polar surface area (TPSA) is 17.1 Å². The number of hydrogen-bond acceptors (Lipinski definition) is 1. The maximum atomic E-state index is 10.6. The Bertz CT molecular complexity index is 183. The zero-order valence-corrected chi connectivity index (χ0v) is 8.86. The van der Waals surface area contributed by atoms with Crippen LogP contribution < -0.4 is 0 Å². The van der Waals surface area contributed by atoms with E-state index in [1.165, 1.54) is 25.7 Å². The molecule has 0 spiro atoms. The summed E-state index contributed by atoms with van der Waals surface area (Å²) in [5, 5.41) is 0. The molecule has 0 aromatic heterocycles. The van der Waals surface area contributed by atoms with Crippen molar-refractivity contribution >= 4 is 5.78 Å². The molecule has 0 aromatic rings. The lowest BCUT2D eigenvalue weighted by Gasteiger charge is -1.91. The van der Waals surface area contributed by atoms with Gasteiger partial charge in [0.15, 0.2) is 0 Å². The van der Waals surface area contributed by atoms with Crippen LogP contribution in [0.15, 0.2) is 0 Å². The van der Waals surface area contributed by atoms with E-state index in [1.807, 2.05) is 0 Å². The fraction of sp³-hybridized carbons (Fsp3) is 0.750. The Balaban J connectivity index is 3.15. The van der Waals surface area contributed by atoms with E-state index in [4.69, 9.17) is 0 Å². The summed E-state index contributed by atoms with van der Waals surface area (Å²) in [6.07, 6.45) is 7.44. The molecular weight excluding hydrogens is 160 g/mol. The maximum absolute atomic E-state index is 10.6. The van der Waals surface area contributed by atoms with Crippen molar-refractivity contribution < 1.29 is 4.79 Å². The molecular formula is C12H20O. The molecule has 0 aliphatic carbocycles. The zero-order valence-electron chi connectivity index (χ0n) is 8.86. The highest BCUT2D eigenvalue weighted by Crippen LogP contribution is 2.01. The predicted molar refractivity (Wildman–Crippen MR) is 56.5 cm³/mol. The minimum absolute atomic E-state index is 0.236. The third-order valence-electron chi connectivity index (χ3n) is 1.88. The van der Waals surface area contributed by atoms with Crippen molar-refractivity contribution in [2.75, 3.05) is 0 Å². The average Bonchev–Trinajstić information content (AvgIpc) is 2.09. The van der Waals surface area contributed by atoms with Gasteiger partial charge in [0, 0.05) is 19.3 Å². The van der Waals surface area contributed by atoms with Crippen LogP contribution in [0.4, 0.5) is 0 Å². The molecule has 0 bridgehead atoms. The number of ketones is 1. The van der Waals surface area contributed by atoms with Gasteiger partial charge in [-0.1, -0.05) is 26.2 Å². The summed E-state index contributed by atoms with van der Waals surface area (Å²) in [7, 11) is 0. The molecule has 0 saturated carbocycles. The van der Waals surface area contributed by atoms with Crippen molar-refractivity contribution in [1.29, 1.82) is 0 Å². The summed E-state index contributed by atoms with van der Waals surface area (Å²) in [6, 6.07) is 0. The molecule has 0 fully saturated rings. The third-order valence-corrected chi connectivity index (χ3v) is 1.88. The van der Waals surface area contributed by atoms with Crippen molar-refractivity contribution in [2.45, 2.75) is 58.8 Å². The Morgan fingerprint density at radius 1 is 1.08 bits per heavy atom. The van der Waals surface area contributed by atoms with E-state index in [0.717, 1.165) is 12.8 Å². The van der Waals surface area contributed by atoms with Gasteiger partial charge in [-0.05, 0) is 13.3 Å². The molecule has 1 heteroatoms. The van der Waals surface area contributed by atoms with Gasteiger partial charge in [0.05, 0.1) is 0 Å². The lowest BCUT2D eigenvalue weighted by molar-refractivity contribution is -0.116. The van der Waals surface area contributed by atoms with Crippen LogP contribution in [0.2, 0.25) is 0 Å². The van der Waals surface area contributed by atoms with Crippen molar-refractivity contribution in [3.05, 3.63) is 0 Å². The molecule has 0 saturated heterocycles. The number of unbranched alkanes of at least 4 members (excludes halogenated alkanes) is 4. The van der Waals surface area contributed by atoms with E-state index in [2.05, 4.69) is 18.8 Å². The minimum Gasteiger partial charge on any atom is -0.300 e. The number of hydrogen-bond donors (Lipinski definition) is 0. The lowest BCUT2D eigenvalue weighted by atomic mass is 10.1. The van der Waals surface area contributed by atoms with Gasteiger partial charge in [-0.15, -0.1) is 11.8 Å². The summed E-state index contributed by atoms with van der Waals surface area (Å²) < 4.78 is 0. The van der Waals surface area contributed by atoms with Gasteiger partial charge in [0.25, 0.3) is 0 Å². The maximum Gasteiger partial charge on any atom is 0.130 e. The molecule has 0 atom stereocenters. The van der Waals surface area contributed by atoms with E-state index >= 15 is 0 Å². The van der Waals surface area contributed by atoms with Gasteiger partial charge in [-0.2, -0.15) is 0 Å². The molecule has 13 heavy (non-hydrogen) atoms. The Kier molecular flexibility index (Phi) is 8.77. The molecule has 74 valence electrons. The van der Waals surface area contributed by atoms with Crippen LogP contribution in [0.3, 0.4) is 0 Å². The summed E-state index contributed by atoms with van der Waals surface area (Å²) in [4.78, 5) is 10.6. The molecule has 0 aliphatic heterocycles. The number of Topliss-reactive ketones (excluding diaryl/α,β-unsaturated/α-hetero) is 1. The van der Waals surface area contributed by atoms with Crippen LogP contribution in [-0.2, 0) is 4.79 Å². The van der Waals surface area contributed by atoms with E-state index in [0.29, 0.717) is 6.42 Å². The predicted octanol–water partition coefficient (Wildman–Crippen LogP) is 3.33. The van der Waals surface area contributed by atoms with Gasteiger partial charge >= 0.3 is 0 Å². The SMILES string of the molecule is CCCCCCC#CCCC(C)=O. The van der Waals surface area contributed by atoms with Gasteiger partial charge < -0.3 is 0 Å². The van der Waals surface area contributed by atoms with Crippen molar-refractivity contribution in [3.8, 4) is 11.8 Å². The molecule has 0 unspecified atom stereocenters. The summed E-state index contributed by atoms with van der Waals surface area (Å²) in [5.74, 6) is 6.36. The molecule has 0 N–H and O–H groups in total. The Labute approximate surface area is 81.9 Å². The Morgan fingerprint density at radius 2 is 1.77 bits per heavy atom. The molecule has 0 aliphatic rings. The van der Waals surface area contributed by atoms with Crippen LogP contribution >= 0.6 is 0 Å². The van der Waals surface area contributed by atoms with Crippen LogP contribution in [-0.4, -0.2) is 5.78 Å². The van der Waals surface area contributed by atoms with E-state index < -0.39 is 0 Å². The highest BCUT2D eigenvalue weighted by atomic mass is 16.1. The second kappa shape index (κ2) is 9.32. The first-order chi connectivity index (χ1) is 6.27. The minimum atomic E-state index is 0.236. The fourth-order valence-electron chi connectivity index (χ4n) is 1.06. The third kappa shape index (κ3) is 11.2. The molecule has 0 rings (SSSR count). The Hall–Kier alpha value is -0.770. The fourth-order valence-corrected chi connectivity index (χ4v) is 1.06. The largest absolute Gasteiger partial charge is 0.300 e. The van der Waals surface area contributed by atoms with E-state index in [1.54, 1.807) is 6.92 Å². The smallest absolute Gasteiger partial charge is 0.130 e. The van der Waals surface area contributed by atoms with Gasteiger partial charge in [-0.3, -0.25) is 4.79 Å². The van der Waals surface area contributed by atoms with Gasteiger partial charge in [0.1, 0.15) is 5.78 Å². The number of rotatable bonds is 6. The second-order valence-electron chi connectivity index (χ2n) is 3.37. The Morgan fingerprint density at radius 3 is 2.38 bits per heavy atom. The molecule has 1 nitrogen and oxygen atoms in total. The highest BCUT2D eigenvalue weighted by molar-refractivity contribution is 5.75. The van der Waals surface area contributed by atoms with Crippen molar-refractivity contribution in [1.82, 2.24) is 0 Å². The first-order valence-electron chi connectivity index (χ1n) is 5.22. The van der Waals surface area contributed by atoms with Gasteiger partial charge in [-0.25, -0.2) is 0 Å². The van der Waals surface area contributed by atoms with Crippen LogP contribution in [0.5, 0.6) is 0 Å². The monoisotopic (exact) mass is 180 g/mol. The molecule has 0 aromatic carbocycles. The first-order valence-corrected chi connectivity index (χ1v) is 5.22. The summed E-state index contributed by atoms with van der Waals surface area (Å²) in [6.45, 7) is 3.82. The lowest BCUT2D eigenvalue weighted by Crippen LogP contribution is -1.86. The molecule has 0 amide bonds.